The molecule has 16 heavy (non-hydrogen) atoms. The van der Waals surface area contributed by atoms with Crippen molar-refractivity contribution in [3.63, 3.8) is 0 Å². The topological polar surface area (TPSA) is 49.5 Å². The Bertz CT molecular complexity index is 389. The van der Waals surface area contributed by atoms with E-state index >= 15 is 0 Å². The summed E-state index contributed by atoms with van der Waals surface area (Å²) in [5, 5.41) is 9.63. The maximum absolute atomic E-state index is 9.63. The van der Waals surface area contributed by atoms with Gasteiger partial charge in [-0.3, -0.25) is 0 Å². The van der Waals surface area contributed by atoms with Crippen molar-refractivity contribution in [1.82, 2.24) is 4.90 Å². The third kappa shape index (κ3) is 2.19. The highest BCUT2D eigenvalue weighted by Gasteiger charge is 2.19. The van der Waals surface area contributed by atoms with Crippen molar-refractivity contribution < 1.29 is 5.11 Å². The molecule has 86 valence electrons. The summed E-state index contributed by atoms with van der Waals surface area (Å²) >= 11 is 0. The second-order valence-electron chi connectivity index (χ2n) is 4.28. The molecular formula is C13H18N2O. The summed E-state index contributed by atoms with van der Waals surface area (Å²) in [5.41, 5.74) is 8.54. The summed E-state index contributed by atoms with van der Waals surface area (Å²) in [4.78, 5) is 2.11. The number of aliphatic hydroxyl groups is 1. The number of β-amino-alcohol motifs (C(OH)–C–C–N with tert-alkyl or cyclic N) is 1. The number of nitrogens with two attached hydrogens (primary N) is 1. The maximum Gasteiger partial charge on any atom is 0.0715 e. The minimum absolute atomic E-state index is 0.240. The molecule has 1 atom stereocenters. The molecule has 1 saturated heterocycles. The molecule has 1 heterocycles. The molecule has 1 aliphatic rings. The predicted octanol–water partition coefficient (Wildman–Crippen LogP) is 1.70. The smallest absolute Gasteiger partial charge is 0.0715 e. The summed E-state index contributed by atoms with van der Waals surface area (Å²) in [6, 6.07) is 7.72. The van der Waals surface area contributed by atoms with Crippen molar-refractivity contribution in [2.24, 2.45) is 0 Å². The largest absolute Gasteiger partial charge is 0.398 e. The fourth-order valence-electron chi connectivity index (χ4n) is 2.13. The van der Waals surface area contributed by atoms with Crippen LogP contribution in [0.3, 0.4) is 0 Å². The maximum atomic E-state index is 9.63. The van der Waals surface area contributed by atoms with Crippen LogP contribution in [-0.2, 0) is 0 Å². The summed E-state index contributed by atoms with van der Waals surface area (Å²) in [6.45, 7) is 5.69. The van der Waals surface area contributed by atoms with E-state index in [-0.39, 0.29) is 6.10 Å². The Morgan fingerprint density at radius 1 is 1.44 bits per heavy atom. The second-order valence-corrected chi connectivity index (χ2v) is 4.28. The van der Waals surface area contributed by atoms with Crippen molar-refractivity contribution in [3.8, 4) is 0 Å². The molecule has 1 aromatic rings. The van der Waals surface area contributed by atoms with Gasteiger partial charge in [-0.15, -0.1) is 0 Å². The zero-order valence-electron chi connectivity index (χ0n) is 9.39. The van der Waals surface area contributed by atoms with E-state index in [9.17, 15) is 5.11 Å². The number of hydrogen-bond donors (Lipinski definition) is 2. The highest BCUT2D eigenvalue weighted by atomic mass is 16.3. The van der Waals surface area contributed by atoms with Crippen LogP contribution in [0.15, 0.2) is 30.8 Å². The molecule has 1 aliphatic heterocycles. The number of hydrogen-bond acceptors (Lipinski definition) is 3. The van der Waals surface area contributed by atoms with E-state index < -0.39 is 0 Å². The van der Waals surface area contributed by atoms with Gasteiger partial charge in [0.2, 0.25) is 0 Å². The fraction of sp³-hybridized carbons (Fsp3) is 0.385. The number of rotatable bonds is 2. The Kier molecular flexibility index (Phi) is 3.15. The Labute approximate surface area is 96.2 Å². The first-order valence-corrected chi connectivity index (χ1v) is 5.65. The van der Waals surface area contributed by atoms with E-state index in [0.717, 1.165) is 36.3 Å². The molecule has 0 bridgehead atoms. The number of aliphatic hydroxyl groups excluding tert-OH is 1. The Balaban J connectivity index is 2.16. The first-order chi connectivity index (χ1) is 7.68. The van der Waals surface area contributed by atoms with E-state index in [1.807, 2.05) is 24.3 Å². The molecule has 0 unspecified atom stereocenters. The number of likely N-dealkylation sites (tertiary alicyclic amines) is 1. The van der Waals surface area contributed by atoms with Gasteiger partial charge in [0.1, 0.15) is 0 Å². The molecule has 0 aliphatic carbocycles. The molecule has 3 N–H and O–H groups in total. The molecule has 1 aromatic carbocycles. The fourth-order valence-corrected chi connectivity index (χ4v) is 2.13. The Morgan fingerprint density at radius 3 is 2.88 bits per heavy atom. The summed E-state index contributed by atoms with van der Waals surface area (Å²) < 4.78 is 0. The summed E-state index contributed by atoms with van der Waals surface area (Å²) in [6.07, 6.45) is 1.65. The predicted molar refractivity (Wildman–Crippen MR) is 66.7 cm³/mol. The number of nitrogen functional groups attached to an aromatic ring is 1. The van der Waals surface area contributed by atoms with Crippen LogP contribution in [0.4, 0.5) is 5.69 Å². The number of nitrogens with zero attached hydrogens (tertiary/aromatic N) is 1. The molecule has 2 rings (SSSR count). The number of anilines is 1. The van der Waals surface area contributed by atoms with Crippen molar-refractivity contribution in [2.45, 2.75) is 18.9 Å². The van der Waals surface area contributed by atoms with Gasteiger partial charge in [-0.1, -0.05) is 24.8 Å². The standard InChI is InChI=1S/C13H18N2O/c1-10(12-6-2-3-7-13(12)14)15-8-4-5-11(16)9-15/h2-3,6-7,11,16H,1,4-5,8-9,14H2/t11-/m1/s1. The van der Waals surface area contributed by atoms with Gasteiger partial charge in [0.15, 0.2) is 0 Å². The van der Waals surface area contributed by atoms with Gasteiger partial charge in [0.25, 0.3) is 0 Å². The lowest BCUT2D eigenvalue weighted by Crippen LogP contribution is -2.36. The number of para-hydroxylation sites is 1. The summed E-state index contributed by atoms with van der Waals surface area (Å²) in [7, 11) is 0. The lowest BCUT2D eigenvalue weighted by Gasteiger charge is -2.33. The third-order valence-electron chi connectivity index (χ3n) is 3.05. The zero-order chi connectivity index (χ0) is 11.5. The van der Waals surface area contributed by atoms with Crippen LogP contribution >= 0.6 is 0 Å². The first kappa shape index (κ1) is 11.0. The quantitative estimate of drug-likeness (QED) is 0.743. The molecule has 0 amide bonds. The van der Waals surface area contributed by atoms with Gasteiger partial charge in [-0.05, 0) is 18.9 Å². The van der Waals surface area contributed by atoms with Crippen LogP contribution in [0.2, 0.25) is 0 Å². The van der Waals surface area contributed by atoms with Gasteiger partial charge in [-0.2, -0.15) is 0 Å². The van der Waals surface area contributed by atoms with Crippen LogP contribution in [0.5, 0.6) is 0 Å². The molecule has 1 fully saturated rings. The minimum atomic E-state index is -0.240. The van der Waals surface area contributed by atoms with Crippen molar-refractivity contribution in [3.05, 3.63) is 36.4 Å². The Morgan fingerprint density at radius 2 is 2.19 bits per heavy atom. The molecule has 3 heteroatoms. The lowest BCUT2D eigenvalue weighted by atomic mass is 10.0. The first-order valence-electron chi connectivity index (χ1n) is 5.65. The van der Waals surface area contributed by atoms with Gasteiger partial charge in [-0.25, -0.2) is 0 Å². The van der Waals surface area contributed by atoms with E-state index in [0.29, 0.717) is 6.54 Å². The average Bonchev–Trinajstić information content (AvgIpc) is 2.29. The van der Waals surface area contributed by atoms with Crippen LogP contribution < -0.4 is 5.73 Å². The highest BCUT2D eigenvalue weighted by molar-refractivity contribution is 5.72. The van der Waals surface area contributed by atoms with E-state index in [1.54, 1.807) is 0 Å². The molecule has 0 aromatic heterocycles. The molecule has 0 saturated carbocycles. The highest BCUT2D eigenvalue weighted by Crippen LogP contribution is 2.25. The van der Waals surface area contributed by atoms with Crippen molar-refractivity contribution >= 4 is 11.4 Å². The van der Waals surface area contributed by atoms with Gasteiger partial charge in [0.05, 0.1) is 6.10 Å². The van der Waals surface area contributed by atoms with E-state index in [2.05, 4.69) is 11.5 Å². The van der Waals surface area contributed by atoms with Crippen LogP contribution in [-0.4, -0.2) is 29.2 Å². The third-order valence-corrected chi connectivity index (χ3v) is 3.05. The zero-order valence-corrected chi connectivity index (χ0v) is 9.39. The summed E-state index contributed by atoms with van der Waals surface area (Å²) in [5.74, 6) is 0. The second kappa shape index (κ2) is 4.58. The van der Waals surface area contributed by atoms with E-state index in [1.165, 1.54) is 0 Å². The molecule has 3 nitrogen and oxygen atoms in total. The molecule has 0 spiro atoms. The molecule has 0 radical (unpaired) electrons. The number of benzene rings is 1. The monoisotopic (exact) mass is 218 g/mol. The van der Waals surface area contributed by atoms with Gasteiger partial charge in [0, 0.05) is 30.0 Å². The van der Waals surface area contributed by atoms with Crippen LogP contribution in [0.25, 0.3) is 5.70 Å². The van der Waals surface area contributed by atoms with Crippen LogP contribution in [0, 0.1) is 0 Å². The SMILES string of the molecule is C=C(c1ccccc1N)N1CCC[C@@H](O)C1. The van der Waals surface area contributed by atoms with Crippen molar-refractivity contribution in [1.29, 1.82) is 0 Å². The van der Waals surface area contributed by atoms with Crippen LogP contribution in [0.1, 0.15) is 18.4 Å². The van der Waals surface area contributed by atoms with Crippen molar-refractivity contribution in [2.75, 3.05) is 18.8 Å². The lowest BCUT2D eigenvalue weighted by molar-refractivity contribution is 0.0990. The number of piperidine rings is 1. The Hall–Kier alpha value is -1.48. The molecular weight excluding hydrogens is 200 g/mol. The minimum Gasteiger partial charge on any atom is -0.398 e. The average molecular weight is 218 g/mol. The normalized spacial score (nSPS) is 20.8. The van der Waals surface area contributed by atoms with Gasteiger partial charge < -0.3 is 15.7 Å². The van der Waals surface area contributed by atoms with Gasteiger partial charge >= 0.3 is 0 Å². The van der Waals surface area contributed by atoms with E-state index in [4.69, 9.17) is 5.73 Å².